The number of hydrogen-bond donors (Lipinski definition) is 1. The molecule has 0 amide bonds. The average Bonchev–Trinajstić information content (AvgIpc) is 2.51. The number of hydrogen-bond acceptors (Lipinski definition) is 3. The molecule has 0 bridgehead atoms. The molecule has 0 spiro atoms. The summed E-state index contributed by atoms with van der Waals surface area (Å²) in [6.45, 7) is 3.62. The smallest absolute Gasteiger partial charge is 0.282 e. The van der Waals surface area contributed by atoms with Gasteiger partial charge in [-0.05, 0) is 26.2 Å². The number of aliphatic hydroxyl groups is 1. The molecule has 0 radical (unpaired) electrons. The molecule has 2 rings (SSSR count). The lowest BCUT2D eigenvalue weighted by Crippen LogP contribution is -2.44. The van der Waals surface area contributed by atoms with E-state index in [1.54, 1.807) is 11.2 Å². The van der Waals surface area contributed by atoms with Gasteiger partial charge < -0.3 is 5.11 Å². The predicted octanol–water partition coefficient (Wildman–Crippen LogP) is 0.564. The SMILES string of the molecule is CC1(O)CCN(S(=O)(=O)N2CCCCCC2)C1. The fourth-order valence-electron chi connectivity index (χ4n) is 2.54. The van der Waals surface area contributed by atoms with E-state index in [0.717, 1.165) is 25.7 Å². The molecular formula is C11H22N2O3S. The summed E-state index contributed by atoms with van der Waals surface area (Å²) in [7, 11) is -3.35. The third-order valence-corrected chi connectivity index (χ3v) is 5.62. The number of nitrogens with zero attached hydrogens (tertiary/aromatic N) is 2. The van der Waals surface area contributed by atoms with Crippen LogP contribution in [0.15, 0.2) is 0 Å². The van der Waals surface area contributed by atoms with Crippen LogP contribution in [0.1, 0.15) is 39.0 Å². The summed E-state index contributed by atoms with van der Waals surface area (Å²) in [4.78, 5) is 0. The van der Waals surface area contributed by atoms with Crippen molar-refractivity contribution in [2.24, 2.45) is 0 Å². The first-order valence-corrected chi connectivity index (χ1v) is 7.79. The van der Waals surface area contributed by atoms with Gasteiger partial charge in [0.25, 0.3) is 10.2 Å². The number of rotatable bonds is 2. The van der Waals surface area contributed by atoms with Crippen molar-refractivity contribution in [1.29, 1.82) is 0 Å². The Morgan fingerprint density at radius 1 is 1.00 bits per heavy atom. The molecule has 0 aromatic carbocycles. The van der Waals surface area contributed by atoms with Crippen molar-refractivity contribution in [2.75, 3.05) is 26.2 Å². The van der Waals surface area contributed by atoms with Crippen LogP contribution in [0.2, 0.25) is 0 Å². The third kappa shape index (κ3) is 2.99. The van der Waals surface area contributed by atoms with Crippen LogP contribution in [0.4, 0.5) is 0 Å². The topological polar surface area (TPSA) is 60.9 Å². The predicted molar refractivity (Wildman–Crippen MR) is 65.8 cm³/mol. The lowest BCUT2D eigenvalue weighted by atomic mass is 10.1. The van der Waals surface area contributed by atoms with E-state index in [-0.39, 0.29) is 6.54 Å². The molecule has 2 heterocycles. The van der Waals surface area contributed by atoms with Gasteiger partial charge in [-0.3, -0.25) is 0 Å². The largest absolute Gasteiger partial charge is 0.389 e. The zero-order valence-corrected chi connectivity index (χ0v) is 11.2. The van der Waals surface area contributed by atoms with Crippen LogP contribution in [-0.4, -0.2) is 53.9 Å². The van der Waals surface area contributed by atoms with Crippen LogP contribution < -0.4 is 0 Å². The van der Waals surface area contributed by atoms with Crippen LogP contribution >= 0.6 is 0 Å². The van der Waals surface area contributed by atoms with E-state index in [9.17, 15) is 13.5 Å². The molecule has 0 aromatic rings. The first-order chi connectivity index (χ1) is 7.92. The molecule has 2 aliphatic rings. The maximum Gasteiger partial charge on any atom is 0.282 e. The minimum absolute atomic E-state index is 0.228. The molecule has 1 unspecified atom stereocenters. The van der Waals surface area contributed by atoms with Gasteiger partial charge in [0.15, 0.2) is 0 Å². The molecule has 0 aromatic heterocycles. The maximum absolute atomic E-state index is 12.4. The fourth-order valence-corrected chi connectivity index (χ4v) is 4.35. The molecule has 6 heteroatoms. The Morgan fingerprint density at radius 3 is 2.06 bits per heavy atom. The van der Waals surface area contributed by atoms with Crippen molar-refractivity contribution in [3.63, 3.8) is 0 Å². The van der Waals surface area contributed by atoms with Crippen LogP contribution in [-0.2, 0) is 10.2 Å². The van der Waals surface area contributed by atoms with Crippen LogP contribution in [0.25, 0.3) is 0 Å². The Hall–Kier alpha value is -0.170. The van der Waals surface area contributed by atoms with Gasteiger partial charge >= 0.3 is 0 Å². The van der Waals surface area contributed by atoms with Crippen LogP contribution in [0.5, 0.6) is 0 Å². The summed E-state index contributed by atoms with van der Waals surface area (Å²) in [6.07, 6.45) is 4.65. The second-order valence-electron chi connectivity index (χ2n) is 5.40. The molecule has 0 aliphatic carbocycles. The minimum Gasteiger partial charge on any atom is -0.389 e. The first-order valence-electron chi connectivity index (χ1n) is 6.39. The highest BCUT2D eigenvalue weighted by atomic mass is 32.2. The first kappa shape index (κ1) is 13.3. The summed E-state index contributed by atoms with van der Waals surface area (Å²) in [5.74, 6) is 0. The highest BCUT2D eigenvalue weighted by molar-refractivity contribution is 7.86. The Labute approximate surface area is 104 Å². The normalized spacial score (nSPS) is 33.8. The second-order valence-corrected chi connectivity index (χ2v) is 7.33. The van der Waals surface area contributed by atoms with Gasteiger partial charge in [-0.2, -0.15) is 17.0 Å². The Balaban J connectivity index is 2.07. The van der Waals surface area contributed by atoms with E-state index in [2.05, 4.69) is 0 Å². The van der Waals surface area contributed by atoms with Gasteiger partial charge in [-0.25, -0.2) is 0 Å². The van der Waals surface area contributed by atoms with Crippen molar-refractivity contribution in [3.8, 4) is 0 Å². The van der Waals surface area contributed by atoms with Crippen molar-refractivity contribution < 1.29 is 13.5 Å². The zero-order valence-electron chi connectivity index (χ0n) is 10.4. The van der Waals surface area contributed by atoms with Crippen LogP contribution in [0.3, 0.4) is 0 Å². The van der Waals surface area contributed by atoms with E-state index >= 15 is 0 Å². The highest BCUT2D eigenvalue weighted by Crippen LogP contribution is 2.25. The van der Waals surface area contributed by atoms with Crippen molar-refractivity contribution in [1.82, 2.24) is 8.61 Å². The van der Waals surface area contributed by atoms with E-state index < -0.39 is 15.8 Å². The zero-order chi connectivity index (χ0) is 12.5. The molecule has 1 atom stereocenters. The van der Waals surface area contributed by atoms with Crippen molar-refractivity contribution in [2.45, 2.75) is 44.6 Å². The molecule has 2 fully saturated rings. The lowest BCUT2D eigenvalue weighted by Gasteiger charge is -2.26. The van der Waals surface area contributed by atoms with Gasteiger partial charge in [-0.15, -0.1) is 0 Å². The average molecular weight is 262 g/mol. The van der Waals surface area contributed by atoms with Gasteiger partial charge in [0.2, 0.25) is 0 Å². The second kappa shape index (κ2) is 4.84. The molecular weight excluding hydrogens is 240 g/mol. The monoisotopic (exact) mass is 262 g/mol. The Kier molecular flexibility index (Phi) is 3.77. The summed E-state index contributed by atoms with van der Waals surface area (Å²) in [6, 6.07) is 0. The molecule has 100 valence electrons. The summed E-state index contributed by atoms with van der Waals surface area (Å²) >= 11 is 0. The third-order valence-electron chi connectivity index (χ3n) is 3.63. The van der Waals surface area contributed by atoms with E-state index in [1.165, 1.54) is 4.31 Å². The summed E-state index contributed by atoms with van der Waals surface area (Å²) in [5, 5.41) is 9.86. The van der Waals surface area contributed by atoms with E-state index in [0.29, 0.717) is 26.1 Å². The van der Waals surface area contributed by atoms with Gasteiger partial charge in [-0.1, -0.05) is 12.8 Å². The molecule has 2 aliphatic heterocycles. The maximum atomic E-state index is 12.4. The Bertz CT molecular complexity index is 348. The van der Waals surface area contributed by atoms with Gasteiger partial charge in [0.05, 0.1) is 5.60 Å². The standard InChI is InChI=1S/C11H22N2O3S/c1-11(14)6-9-13(10-11)17(15,16)12-7-4-2-3-5-8-12/h14H,2-10H2,1H3. The molecule has 0 saturated carbocycles. The van der Waals surface area contributed by atoms with Crippen molar-refractivity contribution >= 4 is 10.2 Å². The number of β-amino-alcohol motifs (C(OH)–C–C–N with tert-alkyl or cyclic N) is 1. The molecule has 17 heavy (non-hydrogen) atoms. The molecule has 2 saturated heterocycles. The molecule has 5 nitrogen and oxygen atoms in total. The van der Waals surface area contributed by atoms with Crippen LogP contribution in [0, 0.1) is 0 Å². The highest BCUT2D eigenvalue weighted by Gasteiger charge is 2.40. The minimum atomic E-state index is -3.35. The van der Waals surface area contributed by atoms with E-state index in [1.807, 2.05) is 0 Å². The van der Waals surface area contributed by atoms with Gasteiger partial charge in [0.1, 0.15) is 0 Å². The summed E-state index contributed by atoms with van der Waals surface area (Å²) in [5.41, 5.74) is -0.862. The van der Waals surface area contributed by atoms with Crippen molar-refractivity contribution in [3.05, 3.63) is 0 Å². The van der Waals surface area contributed by atoms with Gasteiger partial charge in [0, 0.05) is 26.2 Å². The Morgan fingerprint density at radius 2 is 1.59 bits per heavy atom. The molecule has 1 N–H and O–H groups in total. The quantitative estimate of drug-likeness (QED) is 0.791. The lowest BCUT2D eigenvalue weighted by molar-refractivity contribution is 0.0757. The fraction of sp³-hybridized carbons (Fsp3) is 1.00. The summed E-state index contributed by atoms with van der Waals surface area (Å²) < 4.78 is 27.8. The van der Waals surface area contributed by atoms with E-state index in [4.69, 9.17) is 0 Å².